The van der Waals surface area contributed by atoms with Crippen LogP contribution < -0.4 is 18.9 Å². The third kappa shape index (κ3) is 5.50. The molecule has 0 amide bonds. The number of rotatable bonds is 7. The van der Waals surface area contributed by atoms with Gasteiger partial charge < -0.3 is 24.1 Å². The Kier molecular flexibility index (Phi) is 7.23. The molecule has 196 valence electrons. The Hall–Kier alpha value is -2.60. The lowest BCUT2D eigenvalue weighted by molar-refractivity contribution is -0.137. The molecule has 1 saturated carbocycles. The number of hydrogen-bond donors (Lipinski definition) is 1. The summed E-state index contributed by atoms with van der Waals surface area (Å²) in [6, 6.07) is 18.5. The zero-order chi connectivity index (χ0) is 26.2. The second-order valence-corrected chi connectivity index (χ2v) is 11.6. The van der Waals surface area contributed by atoms with Gasteiger partial charge in [-0.15, -0.1) is 0 Å². The highest BCUT2D eigenvalue weighted by molar-refractivity contribution is 6.30. The van der Waals surface area contributed by atoms with Crippen molar-refractivity contribution in [1.82, 2.24) is 0 Å². The van der Waals surface area contributed by atoms with E-state index in [2.05, 4.69) is 26.8 Å². The van der Waals surface area contributed by atoms with Gasteiger partial charge in [0.2, 0.25) is 6.79 Å². The molecule has 1 fully saturated rings. The number of ether oxygens (including phenoxy) is 4. The monoisotopic (exact) mass is 542 g/mol. The SMILES string of the molecule is CC1(C)[C@H](O)CC[C@@]2(C)Oc3cc(OCOc4ccc(Cl)cc4)c(COc4ccc(Cl)cc4)cc3C[C@H]12. The molecule has 3 aromatic rings. The van der Waals surface area contributed by atoms with Crippen LogP contribution in [-0.2, 0) is 13.0 Å². The standard InChI is InChI=1S/C30H32Cl2O5/c1-29(2)27-15-19-14-20(17-34-23-8-4-21(31)5-9-23)25(36-18-35-24-10-6-22(32)7-11-24)16-26(19)37-30(27,3)13-12-28(29)33/h4-11,14,16,27-28,33H,12-13,15,17-18H2,1-3H3/t27-,28-,30-/m1/s1. The largest absolute Gasteiger partial charge is 0.489 e. The van der Waals surface area contributed by atoms with Crippen LogP contribution >= 0.6 is 23.2 Å². The van der Waals surface area contributed by atoms with E-state index in [0.29, 0.717) is 33.9 Å². The van der Waals surface area contributed by atoms with Crippen LogP contribution in [0.3, 0.4) is 0 Å². The molecular formula is C30H32Cl2O5. The molecule has 7 heteroatoms. The predicted molar refractivity (Wildman–Crippen MR) is 145 cm³/mol. The molecule has 1 aliphatic heterocycles. The molecule has 1 aliphatic carbocycles. The lowest BCUT2D eigenvalue weighted by Gasteiger charge is -2.55. The van der Waals surface area contributed by atoms with E-state index in [4.69, 9.17) is 42.1 Å². The summed E-state index contributed by atoms with van der Waals surface area (Å²) >= 11 is 12.0. The summed E-state index contributed by atoms with van der Waals surface area (Å²) in [5.74, 6) is 3.00. The van der Waals surface area contributed by atoms with Gasteiger partial charge in [-0.1, -0.05) is 37.0 Å². The highest BCUT2D eigenvalue weighted by atomic mass is 35.5. The van der Waals surface area contributed by atoms with Gasteiger partial charge in [0, 0.05) is 27.6 Å². The first-order chi connectivity index (χ1) is 17.6. The zero-order valence-corrected chi connectivity index (χ0v) is 22.8. The molecule has 5 nitrogen and oxygen atoms in total. The van der Waals surface area contributed by atoms with Crippen molar-refractivity contribution in [3.05, 3.63) is 81.8 Å². The van der Waals surface area contributed by atoms with Crippen LogP contribution in [0.1, 0.15) is 44.7 Å². The van der Waals surface area contributed by atoms with Gasteiger partial charge in [0.15, 0.2) is 0 Å². The van der Waals surface area contributed by atoms with Gasteiger partial charge >= 0.3 is 0 Å². The third-order valence-corrected chi connectivity index (χ3v) is 8.38. The minimum Gasteiger partial charge on any atom is -0.489 e. The van der Waals surface area contributed by atoms with Crippen molar-refractivity contribution in [2.75, 3.05) is 6.79 Å². The van der Waals surface area contributed by atoms with E-state index < -0.39 is 0 Å². The van der Waals surface area contributed by atoms with Gasteiger partial charge in [0.05, 0.1) is 6.10 Å². The average molecular weight is 543 g/mol. The van der Waals surface area contributed by atoms with E-state index in [0.717, 1.165) is 36.1 Å². The molecule has 3 aromatic carbocycles. The van der Waals surface area contributed by atoms with Crippen molar-refractivity contribution in [3.8, 4) is 23.0 Å². The fourth-order valence-electron chi connectivity index (χ4n) is 5.60. The zero-order valence-electron chi connectivity index (χ0n) is 21.3. The molecule has 1 heterocycles. The van der Waals surface area contributed by atoms with Gasteiger partial charge in [0.1, 0.15) is 35.2 Å². The van der Waals surface area contributed by atoms with Gasteiger partial charge in [-0.25, -0.2) is 0 Å². The Morgan fingerprint density at radius 3 is 2.16 bits per heavy atom. The first-order valence-corrected chi connectivity index (χ1v) is 13.3. The first-order valence-electron chi connectivity index (χ1n) is 12.6. The quantitative estimate of drug-likeness (QED) is 0.313. The third-order valence-electron chi connectivity index (χ3n) is 7.88. The number of aliphatic hydroxyl groups is 1. The predicted octanol–water partition coefficient (Wildman–Crippen LogP) is 7.48. The van der Waals surface area contributed by atoms with Gasteiger partial charge in [-0.3, -0.25) is 0 Å². The maximum absolute atomic E-state index is 10.7. The summed E-state index contributed by atoms with van der Waals surface area (Å²) in [6.07, 6.45) is 1.99. The fraction of sp³-hybridized carbons (Fsp3) is 0.400. The first kappa shape index (κ1) is 26.0. The van der Waals surface area contributed by atoms with Crippen molar-refractivity contribution in [2.45, 2.75) is 58.3 Å². The number of benzene rings is 3. The maximum atomic E-state index is 10.7. The molecule has 0 bridgehead atoms. The van der Waals surface area contributed by atoms with E-state index in [9.17, 15) is 5.11 Å². The smallest absolute Gasteiger partial charge is 0.230 e. The Bertz CT molecular complexity index is 1240. The Morgan fingerprint density at radius 2 is 1.51 bits per heavy atom. The average Bonchev–Trinajstić information content (AvgIpc) is 2.87. The molecule has 0 unspecified atom stereocenters. The van der Waals surface area contributed by atoms with Crippen molar-refractivity contribution in [1.29, 1.82) is 0 Å². The Balaban J connectivity index is 1.41. The van der Waals surface area contributed by atoms with Gasteiger partial charge in [-0.2, -0.15) is 0 Å². The van der Waals surface area contributed by atoms with E-state index in [-0.39, 0.29) is 29.8 Å². The van der Waals surface area contributed by atoms with E-state index in [1.165, 1.54) is 0 Å². The van der Waals surface area contributed by atoms with Crippen LogP contribution in [0.15, 0.2) is 60.7 Å². The highest BCUT2D eigenvalue weighted by Crippen LogP contribution is 2.53. The maximum Gasteiger partial charge on any atom is 0.230 e. The lowest BCUT2D eigenvalue weighted by atomic mass is 9.57. The lowest BCUT2D eigenvalue weighted by Crippen LogP contribution is -2.58. The number of halogens is 2. The summed E-state index contributed by atoms with van der Waals surface area (Å²) in [5.41, 5.74) is 1.36. The second-order valence-electron chi connectivity index (χ2n) is 10.7. The molecule has 5 rings (SSSR count). The van der Waals surface area contributed by atoms with E-state index >= 15 is 0 Å². The van der Waals surface area contributed by atoms with Gasteiger partial charge in [-0.05, 0) is 91.8 Å². The molecule has 37 heavy (non-hydrogen) atoms. The van der Waals surface area contributed by atoms with Crippen LogP contribution in [0.25, 0.3) is 0 Å². The van der Waals surface area contributed by atoms with Crippen molar-refractivity contribution in [3.63, 3.8) is 0 Å². The van der Waals surface area contributed by atoms with Crippen molar-refractivity contribution >= 4 is 23.2 Å². The molecule has 0 spiro atoms. The van der Waals surface area contributed by atoms with Crippen LogP contribution in [0.5, 0.6) is 23.0 Å². The van der Waals surface area contributed by atoms with Crippen LogP contribution in [-0.4, -0.2) is 23.6 Å². The molecule has 1 N–H and O–H groups in total. The minimum absolute atomic E-state index is 0.0213. The molecule has 3 atom stereocenters. The Labute approximate surface area is 228 Å². The fourth-order valence-corrected chi connectivity index (χ4v) is 5.86. The summed E-state index contributed by atoms with van der Waals surface area (Å²) in [4.78, 5) is 0. The van der Waals surface area contributed by atoms with Crippen LogP contribution in [0.2, 0.25) is 10.0 Å². The Morgan fingerprint density at radius 1 is 0.892 bits per heavy atom. The molecule has 0 saturated heterocycles. The summed E-state index contributed by atoms with van der Waals surface area (Å²) in [7, 11) is 0. The second kappa shape index (κ2) is 10.3. The summed E-state index contributed by atoms with van der Waals surface area (Å²) in [6.45, 7) is 6.77. The van der Waals surface area contributed by atoms with Crippen molar-refractivity contribution in [2.24, 2.45) is 11.3 Å². The number of hydrogen-bond acceptors (Lipinski definition) is 5. The number of aliphatic hydroxyl groups excluding tert-OH is 1. The summed E-state index contributed by atoms with van der Waals surface area (Å²) < 4.78 is 24.6. The molecule has 0 radical (unpaired) electrons. The van der Waals surface area contributed by atoms with Gasteiger partial charge in [0.25, 0.3) is 0 Å². The molecular weight excluding hydrogens is 511 g/mol. The minimum atomic E-state index is -0.353. The number of fused-ring (bicyclic) bond motifs is 2. The van der Waals surface area contributed by atoms with Crippen LogP contribution in [0.4, 0.5) is 0 Å². The van der Waals surface area contributed by atoms with Crippen molar-refractivity contribution < 1.29 is 24.1 Å². The molecule has 2 aliphatic rings. The molecule has 0 aromatic heterocycles. The van der Waals surface area contributed by atoms with E-state index in [1.807, 2.05) is 18.2 Å². The van der Waals surface area contributed by atoms with E-state index in [1.54, 1.807) is 36.4 Å². The topological polar surface area (TPSA) is 57.2 Å². The van der Waals surface area contributed by atoms with Crippen LogP contribution in [0, 0.1) is 11.3 Å². The summed E-state index contributed by atoms with van der Waals surface area (Å²) in [5, 5.41) is 12.0. The normalized spacial score (nSPS) is 23.8. The highest BCUT2D eigenvalue weighted by Gasteiger charge is 2.54.